The van der Waals surface area contributed by atoms with Crippen molar-refractivity contribution in [2.45, 2.75) is 50.1 Å². The van der Waals surface area contributed by atoms with Crippen LogP contribution in [0.15, 0.2) is 30.3 Å². The number of carbonyl (C=O) groups is 1. The second-order valence-electron chi connectivity index (χ2n) is 8.54. The zero-order valence-electron chi connectivity index (χ0n) is 15.5. The van der Waals surface area contributed by atoms with Crippen LogP contribution in [0.25, 0.3) is 0 Å². The maximum atomic E-state index is 15.6. The van der Waals surface area contributed by atoms with Crippen LogP contribution in [0.1, 0.15) is 55.3 Å². The molecule has 148 valence electrons. The Balaban J connectivity index is 1.42. The number of rotatable bonds is 6. The lowest BCUT2D eigenvalue weighted by Gasteiger charge is -2.37. The fourth-order valence-corrected chi connectivity index (χ4v) is 5.92. The molecule has 3 saturated carbocycles. The van der Waals surface area contributed by atoms with Crippen LogP contribution in [0, 0.1) is 23.2 Å². The molecule has 1 spiro atoms. The van der Waals surface area contributed by atoms with Crippen molar-refractivity contribution in [3.05, 3.63) is 35.9 Å². The fraction of sp³-hybridized carbons (Fsp3) is 0.650. The summed E-state index contributed by atoms with van der Waals surface area (Å²) in [5, 5.41) is -2.90. The molecule has 2 unspecified atom stereocenters. The molecule has 7 heteroatoms. The molecule has 0 aliphatic heterocycles. The Labute approximate surface area is 159 Å². The van der Waals surface area contributed by atoms with Crippen molar-refractivity contribution >= 4 is 15.7 Å². The summed E-state index contributed by atoms with van der Waals surface area (Å²) in [6.45, 7) is 0. The molecular weight excluding hydrogens is 369 g/mol. The van der Waals surface area contributed by atoms with Gasteiger partial charge in [0.05, 0.1) is 0 Å². The largest absolute Gasteiger partial charge is 0.333 e. The Bertz CT molecular complexity index is 816. The predicted octanol–water partition coefficient (Wildman–Crippen LogP) is 3.62. The molecule has 1 N–H and O–H groups in total. The van der Waals surface area contributed by atoms with Gasteiger partial charge in [0.1, 0.15) is 0 Å². The molecule has 5 nitrogen and oxygen atoms in total. The first-order valence-electron chi connectivity index (χ1n) is 9.67. The van der Waals surface area contributed by atoms with Crippen LogP contribution in [-0.4, -0.2) is 25.8 Å². The van der Waals surface area contributed by atoms with Gasteiger partial charge in [-0.1, -0.05) is 18.2 Å². The van der Waals surface area contributed by atoms with E-state index in [1.807, 2.05) is 5.48 Å². The number of nitrogens with one attached hydrogen (secondary N) is 1. The molecule has 1 aromatic carbocycles. The first-order chi connectivity index (χ1) is 12.8. The normalized spacial score (nSPS) is 32.7. The summed E-state index contributed by atoms with van der Waals surface area (Å²) in [6, 6.07) is 8.18. The van der Waals surface area contributed by atoms with Crippen LogP contribution in [0.5, 0.6) is 0 Å². The molecule has 1 amide bonds. The maximum absolute atomic E-state index is 15.6. The Morgan fingerprint density at radius 2 is 1.81 bits per heavy atom. The summed E-state index contributed by atoms with van der Waals surface area (Å²) in [4.78, 5) is 17.1. The molecule has 2 atom stereocenters. The Kier molecular flexibility index (Phi) is 4.58. The summed E-state index contributed by atoms with van der Waals surface area (Å²) in [6.07, 6.45) is 7.26. The van der Waals surface area contributed by atoms with Crippen LogP contribution in [0.2, 0.25) is 0 Å². The zero-order chi connectivity index (χ0) is 19.3. The van der Waals surface area contributed by atoms with Crippen molar-refractivity contribution in [2.75, 3.05) is 6.26 Å². The third-order valence-corrected chi connectivity index (χ3v) is 8.17. The van der Waals surface area contributed by atoms with Crippen molar-refractivity contribution in [3.8, 4) is 0 Å². The van der Waals surface area contributed by atoms with Gasteiger partial charge < -0.3 is 0 Å². The van der Waals surface area contributed by atoms with Gasteiger partial charge in [-0.3, -0.25) is 4.79 Å². The lowest BCUT2D eigenvalue weighted by atomic mass is 9.77. The number of alkyl halides is 1. The number of benzene rings is 1. The second-order valence-corrected chi connectivity index (χ2v) is 10.6. The number of hydroxylamine groups is 1. The average molecular weight is 395 g/mol. The highest BCUT2D eigenvalue weighted by Crippen LogP contribution is 2.69. The minimum absolute atomic E-state index is 0.279. The molecule has 27 heavy (non-hydrogen) atoms. The van der Waals surface area contributed by atoms with Gasteiger partial charge in [0.15, 0.2) is 0 Å². The summed E-state index contributed by atoms with van der Waals surface area (Å²) < 4.78 is 40.0. The number of hydrogen-bond donors (Lipinski definition) is 1. The van der Waals surface area contributed by atoms with E-state index >= 15 is 4.39 Å². The number of halogens is 1. The van der Waals surface area contributed by atoms with Crippen LogP contribution < -0.4 is 5.48 Å². The Hall–Kier alpha value is -1.47. The van der Waals surface area contributed by atoms with E-state index in [0.717, 1.165) is 30.9 Å². The van der Waals surface area contributed by atoms with Gasteiger partial charge in [0.2, 0.25) is 9.84 Å². The van der Waals surface area contributed by atoms with E-state index in [-0.39, 0.29) is 5.56 Å². The Morgan fingerprint density at radius 1 is 1.19 bits per heavy atom. The van der Waals surface area contributed by atoms with Gasteiger partial charge in [-0.25, -0.2) is 18.7 Å². The lowest BCUT2D eigenvalue weighted by molar-refractivity contribution is -0.159. The monoisotopic (exact) mass is 395 g/mol. The standard InChI is InChI=1S/C20H26FNO4S/c1-27(24,25)20(21,26-22-18(23)15-5-3-2-4-6-15)16-9-11-19(12-10-16)13-17(19)14-7-8-14/h2-6,14,16-17H,7-13H2,1H3,(H,22,23). The predicted molar refractivity (Wildman–Crippen MR) is 98.9 cm³/mol. The van der Waals surface area contributed by atoms with E-state index < -0.39 is 26.8 Å². The number of amides is 1. The highest BCUT2D eigenvalue weighted by molar-refractivity contribution is 7.91. The van der Waals surface area contributed by atoms with E-state index in [2.05, 4.69) is 0 Å². The number of sulfone groups is 1. The lowest BCUT2D eigenvalue weighted by Crippen LogP contribution is -2.49. The van der Waals surface area contributed by atoms with Gasteiger partial charge in [-0.2, -0.15) is 4.39 Å². The van der Waals surface area contributed by atoms with Gasteiger partial charge >= 0.3 is 5.19 Å². The number of hydrogen-bond acceptors (Lipinski definition) is 4. The van der Waals surface area contributed by atoms with Crippen LogP contribution in [-0.2, 0) is 14.7 Å². The third kappa shape index (κ3) is 3.51. The molecule has 0 saturated heterocycles. The molecule has 3 fully saturated rings. The summed E-state index contributed by atoms with van der Waals surface area (Å²) in [7, 11) is -4.18. The fourth-order valence-electron chi connectivity index (χ4n) is 4.88. The van der Waals surface area contributed by atoms with Crippen molar-refractivity contribution < 1.29 is 22.4 Å². The van der Waals surface area contributed by atoms with Crippen molar-refractivity contribution in [1.82, 2.24) is 5.48 Å². The molecule has 4 rings (SSSR count). The minimum atomic E-state index is -4.18. The molecule has 3 aliphatic carbocycles. The molecule has 0 bridgehead atoms. The highest BCUT2D eigenvalue weighted by Gasteiger charge is 2.62. The van der Waals surface area contributed by atoms with Crippen molar-refractivity contribution in [3.63, 3.8) is 0 Å². The highest BCUT2D eigenvalue weighted by atomic mass is 32.2. The average Bonchev–Trinajstić information content (AvgIpc) is 3.56. The number of carbonyl (C=O) groups excluding carboxylic acids is 1. The molecular formula is C20H26FNO4S. The van der Waals surface area contributed by atoms with Gasteiger partial charge in [0.25, 0.3) is 5.91 Å². The first kappa shape index (κ1) is 18.9. The second kappa shape index (κ2) is 6.55. The topological polar surface area (TPSA) is 72.5 Å². The summed E-state index contributed by atoms with van der Waals surface area (Å²) in [5.41, 5.74) is 2.61. The molecule has 3 aliphatic rings. The van der Waals surface area contributed by atoms with Crippen LogP contribution in [0.4, 0.5) is 4.39 Å². The zero-order valence-corrected chi connectivity index (χ0v) is 16.3. The van der Waals surface area contributed by atoms with Crippen LogP contribution >= 0.6 is 0 Å². The van der Waals surface area contributed by atoms with E-state index in [1.165, 1.54) is 19.3 Å². The summed E-state index contributed by atoms with van der Waals surface area (Å²) in [5.74, 6) is 0.164. The van der Waals surface area contributed by atoms with Gasteiger partial charge in [0, 0.05) is 17.7 Å². The van der Waals surface area contributed by atoms with Gasteiger partial charge in [-0.05, 0) is 74.3 Å². The maximum Gasteiger partial charge on any atom is 0.333 e. The quantitative estimate of drug-likeness (QED) is 0.747. The van der Waals surface area contributed by atoms with Crippen LogP contribution in [0.3, 0.4) is 0 Å². The van der Waals surface area contributed by atoms with E-state index in [9.17, 15) is 13.2 Å². The third-order valence-electron chi connectivity index (χ3n) is 6.74. The minimum Gasteiger partial charge on any atom is -0.267 e. The van der Waals surface area contributed by atoms with Crippen molar-refractivity contribution in [2.24, 2.45) is 23.2 Å². The molecule has 0 aromatic heterocycles. The summed E-state index contributed by atoms with van der Waals surface area (Å²) >= 11 is 0. The smallest absolute Gasteiger partial charge is 0.267 e. The molecule has 0 radical (unpaired) electrons. The van der Waals surface area contributed by atoms with Gasteiger partial charge in [-0.15, -0.1) is 0 Å². The van der Waals surface area contributed by atoms with E-state index in [1.54, 1.807) is 30.3 Å². The van der Waals surface area contributed by atoms with Crippen molar-refractivity contribution in [1.29, 1.82) is 0 Å². The van der Waals surface area contributed by atoms with E-state index in [0.29, 0.717) is 18.3 Å². The molecule has 0 heterocycles. The Morgan fingerprint density at radius 3 is 2.37 bits per heavy atom. The first-order valence-corrected chi connectivity index (χ1v) is 11.6. The van der Waals surface area contributed by atoms with E-state index in [4.69, 9.17) is 4.84 Å². The molecule has 1 aromatic rings. The SMILES string of the molecule is CS(=O)(=O)C(F)(ONC(=O)c1ccccc1)C1CCC2(CC1)CC2C1CC1.